The van der Waals surface area contributed by atoms with Crippen LogP contribution in [0.15, 0.2) is 18.2 Å². The predicted molar refractivity (Wildman–Crippen MR) is 79.5 cm³/mol. The average Bonchev–Trinajstić information content (AvgIpc) is 2.88. The maximum absolute atomic E-state index is 13.6. The molecular weight excluding hydrogens is 279 g/mol. The number of nitrogens with zero attached hydrogens (tertiary/aromatic N) is 1. The molecule has 1 aromatic rings. The molecule has 0 aromatic heterocycles. The van der Waals surface area contributed by atoms with E-state index in [0.29, 0.717) is 23.0 Å². The zero-order chi connectivity index (χ0) is 14.4. The second kappa shape index (κ2) is 7.93. The number of nitrogens with one attached hydrogen (secondary N) is 1. The first-order valence-electron chi connectivity index (χ1n) is 7.05. The van der Waals surface area contributed by atoms with E-state index < -0.39 is 0 Å². The van der Waals surface area contributed by atoms with Crippen LogP contribution in [0, 0.1) is 11.7 Å². The summed E-state index contributed by atoms with van der Waals surface area (Å²) in [6.07, 6.45) is 1.19. The van der Waals surface area contributed by atoms with Crippen molar-refractivity contribution >= 4 is 11.6 Å². The predicted octanol–water partition coefficient (Wildman–Crippen LogP) is 2.54. The van der Waals surface area contributed by atoms with Crippen molar-refractivity contribution in [1.29, 1.82) is 0 Å². The smallest absolute Gasteiger partial charge is 0.127 e. The minimum absolute atomic E-state index is 0.199. The molecule has 1 saturated heterocycles. The lowest BCUT2D eigenvalue weighted by molar-refractivity contribution is 0.159. The third kappa shape index (κ3) is 4.70. The molecule has 0 amide bonds. The third-order valence-corrected chi connectivity index (χ3v) is 3.97. The number of halogens is 2. The van der Waals surface area contributed by atoms with Gasteiger partial charge in [-0.3, -0.25) is 0 Å². The zero-order valence-corrected chi connectivity index (χ0v) is 12.6. The fourth-order valence-corrected chi connectivity index (χ4v) is 2.79. The first-order chi connectivity index (χ1) is 9.69. The van der Waals surface area contributed by atoms with E-state index in [-0.39, 0.29) is 5.82 Å². The average molecular weight is 301 g/mol. The Morgan fingerprint density at radius 2 is 2.35 bits per heavy atom. The molecule has 0 aliphatic carbocycles. The molecule has 0 spiro atoms. The van der Waals surface area contributed by atoms with Gasteiger partial charge in [-0.2, -0.15) is 0 Å². The van der Waals surface area contributed by atoms with E-state index in [2.05, 4.69) is 10.2 Å². The molecule has 1 fully saturated rings. The summed E-state index contributed by atoms with van der Waals surface area (Å²) >= 11 is 5.88. The van der Waals surface area contributed by atoms with Crippen LogP contribution in [0.1, 0.15) is 12.0 Å². The Labute approximate surface area is 125 Å². The van der Waals surface area contributed by atoms with Crippen LogP contribution in [0.4, 0.5) is 4.39 Å². The lowest BCUT2D eigenvalue weighted by Gasteiger charge is -2.15. The molecule has 0 bridgehead atoms. The van der Waals surface area contributed by atoms with Crippen LogP contribution in [-0.2, 0) is 11.3 Å². The number of methoxy groups -OCH3 is 1. The lowest BCUT2D eigenvalue weighted by atomic mass is 10.1. The van der Waals surface area contributed by atoms with Gasteiger partial charge in [-0.25, -0.2) is 4.39 Å². The Balaban J connectivity index is 1.70. The molecule has 1 atom stereocenters. The van der Waals surface area contributed by atoms with Gasteiger partial charge >= 0.3 is 0 Å². The van der Waals surface area contributed by atoms with Gasteiger partial charge in [0, 0.05) is 37.3 Å². The monoisotopic (exact) mass is 300 g/mol. The van der Waals surface area contributed by atoms with Gasteiger partial charge in [0.25, 0.3) is 0 Å². The Morgan fingerprint density at radius 1 is 1.50 bits per heavy atom. The fourth-order valence-electron chi connectivity index (χ4n) is 2.59. The largest absolute Gasteiger partial charge is 0.383 e. The summed E-state index contributed by atoms with van der Waals surface area (Å²) in [4.78, 5) is 2.41. The summed E-state index contributed by atoms with van der Waals surface area (Å²) in [5.74, 6) is 0.434. The van der Waals surface area contributed by atoms with Gasteiger partial charge in [0.1, 0.15) is 5.82 Å². The highest BCUT2D eigenvalue weighted by Crippen LogP contribution is 2.17. The van der Waals surface area contributed by atoms with Gasteiger partial charge in [0.15, 0.2) is 0 Å². The molecule has 112 valence electrons. The van der Waals surface area contributed by atoms with Gasteiger partial charge in [0.05, 0.1) is 6.61 Å². The summed E-state index contributed by atoms with van der Waals surface area (Å²) in [6, 6.07) is 4.68. The summed E-state index contributed by atoms with van der Waals surface area (Å²) in [5.41, 5.74) is 0.631. The Hall–Kier alpha value is -0.680. The molecular formula is C15H22ClFN2O. The highest BCUT2D eigenvalue weighted by molar-refractivity contribution is 6.30. The maximum atomic E-state index is 13.6. The minimum atomic E-state index is -0.199. The molecule has 2 rings (SSSR count). The van der Waals surface area contributed by atoms with Crippen molar-refractivity contribution in [2.75, 3.05) is 39.9 Å². The third-order valence-electron chi connectivity index (χ3n) is 3.74. The van der Waals surface area contributed by atoms with Gasteiger partial charge in [-0.1, -0.05) is 11.6 Å². The number of likely N-dealkylation sites (tertiary alicyclic amines) is 1. The second-order valence-electron chi connectivity index (χ2n) is 5.31. The van der Waals surface area contributed by atoms with Gasteiger partial charge < -0.3 is 15.0 Å². The number of benzene rings is 1. The quantitative estimate of drug-likeness (QED) is 0.837. The SMILES string of the molecule is COCCN1CC[C@@H](CNCc2cc(Cl)ccc2F)C1. The van der Waals surface area contributed by atoms with E-state index in [9.17, 15) is 4.39 Å². The summed E-state index contributed by atoms with van der Waals surface area (Å²) in [5, 5.41) is 3.91. The molecule has 1 heterocycles. The molecule has 1 aliphatic heterocycles. The van der Waals surface area contributed by atoms with Crippen molar-refractivity contribution in [2.24, 2.45) is 5.92 Å². The van der Waals surface area contributed by atoms with Crippen molar-refractivity contribution < 1.29 is 9.13 Å². The molecule has 0 unspecified atom stereocenters. The minimum Gasteiger partial charge on any atom is -0.383 e. The highest BCUT2D eigenvalue weighted by Gasteiger charge is 2.21. The van der Waals surface area contributed by atoms with E-state index in [1.54, 1.807) is 19.2 Å². The van der Waals surface area contributed by atoms with Crippen LogP contribution in [0.3, 0.4) is 0 Å². The van der Waals surface area contributed by atoms with Crippen molar-refractivity contribution in [3.63, 3.8) is 0 Å². The fraction of sp³-hybridized carbons (Fsp3) is 0.600. The van der Waals surface area contributed by atoms with Crippen LogP contribution in [-0.4, -0.2) is 44.8 Å². The van der Waals surface area contributed by atoms with Gasteiger partial charge in [-0.05, 0) is 43.6 Å². The summed E-state index contributed by atoms with van der Waals surface area (Å²) < 4.78 is 18.6. The first-order valence-corrected chi connectivity index (χ1v) is 7.42. The number of hydrogen-bond acceptors (Lipinski definition) is 3. The van der Waals surface area contributed by atoms with Crippen LogP contribution >= 0.6 is 11.6 Å². The van der Waals surface area contributed by atoms with Crippen LogP contribution in [0.2, 0.25) is 5.02 Å². The van der Waals surface area contributed by atoms with E-state index in [0.717, 1.165) is 32.8 Å². The summed E-state index contributed by atoms with van der Waals surface area (Å²) in [6.45, 7) is 5.44. The van der Waals surface area contributed by atoms with E-state index >= 15 is 0 Å². The number of ether oxygens (including phenoxy) is 1. The van der Waals surface area contributed by atoms with Crippen molar-refractivity contribution in [2.45, 2.75) is 13.0 Å². The molecule has 0 radical (unpaired) electrons. The normalized spacial score (nSPS) is 19.6. The van der Waals surface area contributed by atoms with Crippen molar-refractivity contribution in [1.82, 2.24) is 10.2 Å². The van der Waals surface area contributed by atoms with Crippen LogP contribution in [0.25, 0.3) is 0 Å². The number of rotatable bonds is 7. The van der Waals surface area contributed by atoms with E-state index in [1.807, 2.05) is 0 Å². The Kier molecular flexibility index (Phi) is 6.23. The van der Waals surface area contributed by atoms with Gasteiger partial charge in [0.2, 0.25) is 0 Å². The molecule has 1 aromatic carbocycles. The second-order valence-corrected chi connectivity index (χ2v) is 5.75. The van der Waals surface area contributed by atoms with Crippen molar-refractivity contribution in [3.8, 4) is 0 Å². The highest BCUT2D eigenvalue weighted by atomic mass is 35.5. The standard InChI is InChI=1S/C15H22ClFN2O/c1-20-7-6-19-5-4-12(11-19)9-18-10-13-8-14(16)2-3-15(13)17/h2-3,8,12,18H,4-7,9-11H2,1H3/t12-/m0/s1. The summed E-state index contributed by atoms with van der Waals surface area (Å²) in [7, 11) is 1.73. The molecule has 20 heavy (non-hydrogen) atoms. The molecule has 1 N–H and O–H groups in total. The van der Waals surface area contributed by atoms with Crippen LogP contribution < -0.4 is 5.32 Å². The molecule has 1 aliphatic rings. The van der Waals surface area contributed by atoms with Crippen molar-refractivity contribution in [3.05, 3.63) is 34.6 Å². The molecule has 0 saturated carbocycles. The molecule has 3 nitrogen and oxygen atoms in total. The topological polar surface area (TPSA) is 24.5 Å². The van der Waals surface area contributed by atoms with Crippen LogP contribution in [0.5, 0.6) is 0 Å². The first kappa shape index (κ1) is 15.7. The Morgan fingerprint density at radius 3 is 3.15 bits per heavy atom. The molecule has 5 heteroatoms. The Bertz CT molecular complexity index is 430. The van der Waals surface area contributed by atoms with Gasteiger partial charge in [-0.15, -0.1) is 0 Å². The number of hydrogen-bond donors (Lipinski definition) is 1. The lowest BCUT2D eigenvalue weighted by Crippen LogP contribution is -2.28. The zero-order valence-electron chi connectivity index (χ0n) is 11.9. The van der Waals surface area contributed by atoms with E-state index in [1.165, 1.54) is 12.5 Å². The maximum Gasteiger partial charge on any atom is 0.127 e. The van der Waals surface area contributed by atoms with E-state index in [4.69, 9.17) is 16.3 Å².